The van der Waals surface area contributed by atoms with Crippen molar-refractivity contribution in [3.8, 4) is 0 Å². The van der Waals surface area contributed by atoms with Gasteiger partial charge in [0.05, 0.1) is 6.04 Å². The Kier molecular flexibility index (Phi) is 7.42. The number of carbonyl (C=O) groups excluding carboxylic acids is 2. The highest BCUT2D eigenvalue weighted by molar-refractivity contribution is 5.76. The summed E-state index contributed by atoms with van der Waals surface area (Å²) in [6, 6.07) is 0.490. The van der Waals surface area contributed by atoms with Crippen LogP contribution in [0.25, 0.3) is 0 Å². The second-order valence-corrected chi connectivity index (χ2v) is 8.94. The Balaban J connectivity index is 1.23. The molecule has 2 aliphatic heterocycles. The number of urea groups is 1. The van der Waals surface area contributed by atoms with Crippen LogP contribution >= 0.6 is 0 Å². The second kappa shape index (κ2) is 10.4. The van der Waals surface area contributed by atoms with Crippen molar-refractivity contribution in [2.45, 2.75) is 76.8 Å². The van der Waals surface area contributed by atoms with Crippen molar-refractivity contribution in [1.82, 2.24) is 30.2 Å². The lowest BCUT2D eigenvalue weighted by Gasteiger charge is -2.40. The van der Waals surface area contributed by atoms with Crippen LogP contribution in [0.5, 0.6) is 0 Å². The largest absolute Gasteiger partial charge is 0.340 e. The summed E-state index contributed by atoms with van der Waals surface area (Å²) >= 11 is 0. The molecule has 172 valence electrons. The molecule has 31 heavy (non-hydrogen) atoms. The number of amides is 3. The van der Waals surface area contributed by atoms with E-state index >= 15 is 0 Å². The number of aromatic nitrogens is 2. The number of aryl methyl sites for hydroxylation is 1. The minimum atomic E-state index is -0.146. The molecular formula is C22H36N6O3. The minimum Gasteiger partial charge on any atom is -0.340 e. The van der Waals surface area contributed by atoms with E-state index in [2.05, 4.69) is 20.4 Å². The molecule has 3 aliphatic rings. The number of nitrogens with zero attached hydrogens (tertiary/aromatic N) is 5. The van der Waals surface area contributed by atoms with E-state index < -0.39 is 0 Å². The van der Waals surface area contributed by atoms with Crippen LogP contribution in [0.2, 0.25) is 0 Å². The van der Waals surface area contributed by atoms with E-state index in [-0.39, 0.29) is 18.0 Å². The average Bonchev–Trinajstić information content (AvgIpc) is 3.48. The Labute approximate surface area is 184 Å². The SMILES string of the molecule is CCNC(=O)N1CCCC1c1noc(CCC(=O)N2CCN(C3CCCCC3)CC2)n1. The van der Waals surface area contributed by atoms with Crippen molar-refractivity contribution in [2.24, 2.45) is 0 Å². The summed E-state index contributed by atoms with van der Waals surface area (Å²) in [4.78, 5) is 35.7. The monoisotopic (exact) mass is 432 g/mol. The van der Waals surface area contributed by atoms with Crippen LogP contribution in [0, 0.1) is 0 Å². The zero-order valence-electron chi connectivity index (χ0n) is 18.7. The molecule has 4 rings (SSSR count). The standard InChI is InChI=1S/C22H36N6O3/c1-2-23-22(30)28-12-6-9-18(28)21-24-19(31-25-21)10-11-20(29)27-15-13-26(14-16-27)17-7-4-3-5-8-17/h17-18H,2-16H2,1H3,(H,23,30). The summed E-state index contributed by atoms with van der Waals surface area (Å²) in [5.41, 5.74) is 0. The van der Waals surface area contributed by atoms with Crippen LogP contribution in [0.3, 0.4) is 0 Å². The number of piperazine rings is 1. The van der Waals surface area contributed by atoms with Gasteiger partial charge in [-0.05, 0) is 32.6 Å². The molecule has 1 aliphatic carbocycles. The molecule has 3 amide bonds. The average molecular weight is 433 g/mol. The first kappa shape index (κ1) is 22.0. The second-order valence-electron chi connectivity index (χ2n) is 8.94. The third kappa shape index (κ3) is 5.37. The normalized spacial score (nSPS) is 23.3. The van der Waals surface area contributed by atoms with Crippen LogP contribution in [-0.4, -0.2) is 82.1 Å². The summed E-state index contributed by atoms with van der Waals surface area (Å²) in [7, 11) is 0. The molecule has 1 aromatic rings. The quantitative estimate of drug-likeness (QED) is 0.741. The van der Waals surface area contributed by atoms with Crippen LogP contribution in [-0.2, 0) is 11.2 Å². The Bertz CT molecular complexity index is 739. The fourth-order valence-corrected chi connectivity index (χ4v) is 5.19. The lowest BCUT2D eigenvalue weighted by Crippen LogP contribution is -2.52. The molecule has 1 aromatic heterocycles. The number of rotatable bonds is 6. The van der Waals surface area contributed by atoms with Gasteiger partial charge in [0.2, 0.25) is 11.8 Å². The Morgan fingerprint density at radius 2 is 1.81 bits per heavy atom. The van der Waals surface area contributed by atoms with Gasteiger partial charge in [-0.15, -0.1) is 0 Å². The van der Waals surface area contributed by atoms with Gasteiger partial charge in [0.1, 0.15) is 0 Å². The highest BCUT2D eigenvalue weighted by atomic mass is 16.5. The van der Waals surface area contributed by atoms with Crippen molar-refractivity contribution >= 4 is 11.9 Å². The molecular weight excluding hydrogens is 396 g/mol. The molecule has 1 atom stereocenters. The van der Waals surface area contributed by atoms with Crippen molar-refractivity contribution < 1.29 is 14.1 Å². The molecule has 0 aromatic carbocycles. The fourth-order valence-electron chi connectivity index (χ4n) is 5.19. The van der Waals surface area contributed by atoms with E-state index in [4.69, 9.17) is 4.52 Å². The molecule has 3 heterocycles. The highest BCUT2D eigenvalue weighted by Gasteiger charge is 2.33. The first-order valence-corrected chi connectivity index (χ1v) is 12.0. The molecule has 3 fully saturated rings. The van der Waals surface area contributed by atoms with E-state index in [0.717, 1.165) is 45.1 Å². The topological polar surface area (TPSA) is 94.8 Å². The Hall–Kier alpha value is -2.16. The summed E-state index contributed by atoms with van der Waals surface area (Å²) in [5, 5.41) is 6.95. The van der Waals surface area contributed by atoms with Crippen LogP contribution in [0.4, 0.5) is 4.79 Å². The number of hydrogen-bond donors (Lipinski definition) is 1. The van der Waals surface area contributed by atoms with E-state index in [1.54, 1.807) is 4.90 Å². The molecule has 9 nitrogen and oxygen atoms in total. The number of hydrogen-bond acceptors (Lipinski definition) is 6. The Morgan fingerprint density at radius 1 is 1.03 bits per heavy atom. The van der Waals surface area contributed by atoms with Gasteiger partial charge in [-0.3, -0.25) is 9.69 Å². The zero-order chi connectivity index (χ0) is 21.6. The van der Waals surface area contributed by atoms with Gasteiger partial charge < -0.3 is 19.6 Å². The molecule has 9 heteroatoms. The molecule has 0 bridgehead atoms. The number of carbonyl (C=O) groups is 2. The van der Waals surface area contributed by atoms with Gasteiger partial charge in [-0.2, -0.15) is 4.98 Å². The molecule has 0 spiro atoms. The maximum absolute atomic E-state index is 12.7. The predicted molar refractivity (Wildman–Crippen MR) is 115 cm³/mol. The fraction of sp³-hybridized carbons (Fsp3) is 0.818. The third-order valence-electron chi connectivity index (χ3n) is 6.93. The lowest BCUT2D eigenvalue weighted by atomic mass is 9.94. The van der Waals surface area contributed by atoms with Crippen LogP contribution < -0.4 is 5.32 Å². The van der Waals surface area contributed by atoms with Gasteiger partial charge in [-0.1, -0.05) is 24.4 Å². The van der Waals surface area contributed by atoms with Gasteiger partial charge in [0.25, 0.3) is 0 Å². The van der Waals surface area contributed by atoms with Crippen molar-refractivity contribution in [2.75, 3.05) is 39.3 Å². The molecule has 0 radical (unpaired) electrons. The minimum absolute atomic E-state index is 0.0844. The summed E-state index contributed by atoms with van der Waals surface area (Å²) in [6.07, 6.45) is 9.28. The van der Waals surface area contributed by atoms with E-state index in [1.807, 2.05) is 11.8 Å². The first-order valence-electron chi connectivity index (χ1n) is 12.0. The predicted octanol–water partition coefficient (Wildman–Crippen LogP) is 2.35. The summed E-state index contributed by atoms with van der Waals surface area (Å²) in [6.45, 7) is 6.80. The maximum Gasteiger partial charge on any atom is 0.318 e. The van der Waals surface area contributed by atoms with Crippen LogP contribution in [0.15, 0.2) is 4.52 Å². The van der Waals surface area contributed by atoms with Crippen molar-refractivity contribution in [1.29, 1.82) is 0 Å². The maximum atomic E-state index is 12.7. The van der Waals surface area contributed by atoms with Gasteiger partial charge in [0, 0.05) is 58.2 Å². The summed E-state index contributed by atoms with van der Waals surface area (Å²) < 4.78 is 5.40. The number of likely N-dealkylation sites (tertiary alicyclic amines) is 1. The van der Waals surface area contributed by atoms with Gasteiger partial charge >= 0.3 is 6.03 Å². The molecule has 1 saturated carbocycles. The van der Waals surface area contributed by atoms with E-state index in [1.165, 1.54) is 32.1 Å². The number of nitrogens with one attached hydrogen (secondary N) is 1. The Morgan fingerprint density at radius 3 is 2.55 bits per heavy atom. The molecule has 1 N–H and O–H groups in total. The van der Waals surface area contributed by atoms with E-state index in [9.17, 15) is 9.59 Å². The molecule has 1 unspecified atom stereocenters. The zero-order valence-corrected chi connectivity index (χ0v) is 18.7. The van der Waals surface area contributed by atoms with Crippen molar-refractivity contribution in [3.05, 3.63) is 11.7 Å². The third-order valence-corrected chi connectivity index (χ3v) is 6.93. The van der Waals surface area contributed by atoms with Gasteiger partial charge in [-0.25, -0.2) is 4.79 Å². The summed E-state index contributed by atoms with van der Waals surface area (Å²) in [5.74, 6) is 1.19. The smallest absolute Gasteiger partial charge is 0.318 e. The lowest BCUT2D eigenvalue weighted by molar-refractivity contribution is -0.133. The highest BCUT2D eigenvalue weighted by Crippen LogP contribution is 2.30. The van der Waals surface area contributed by atoms with Crippen LogP contribution in [0.1, 0.15) is 76.0 Å². The van der Waals surface area contributed by atoms with Crippen molar-refractivity contribution in [3.63, 3.8) is 0 Å². The van der Waals surface area contributed by atoms with Gasteiger partial charge in [0.15, 0.2) is 5.82 Å². The van der Waals surface area contributed by atoms with E-state index in [0.29, 0.717) is 37.6 Å². The first-order chi connectivity index (χ1) is 15.2. The molecule has 2 saturated heterocycles.